The summed E-state index contributed by atoms with van der Waals surface area (Å²) in [5, 5.41) is 20.1. The second-order valence-corrected chi connectivity index (χ2v) is 4.89. The topological polar surface area (TPSA) is 72.2 Å². The van der Waals surface area contributed by atoms with Gasteiger partial charge in [0.1, 0.15) is 12.4 Å². The van der Waals surface area contributed by atoms with Crippen LogP contribution in [0.25, 0.3) is 0 Å². The molecule has 0 spiro atoms. The van der Waals surface area contributed by atoms with Crippen LogP contribution in [0, 0.1) is 6.92 Å². The number of aliphatic hydroxyl groups is 1. The van der Waals surface area contributed by atoms with E-state index in [0.717, 1.165) is 18.0 Å². The van der Waals surface area contributed by atoms with Gasteiger partial charge in [-0.05, 0) is 31.0 Å². The van der Waals surface area contributed by atoms with Crippen LogP contribution in [0.4, 0.5) is 0 Å². The summed E-state index contributed by atoms with van der Waals surface area (Å²) in [5.74, 6) is 0.895. The lowest BCUT2D eigenvalue weighted by Crippen LogP contribution is -2.20. The minimum Gasteiger partial charge on any atom is -0.492 e. The first-order valence-corrected chi connectivity index (χ1v) is 7.18. The SMILES string of the molecule is Cc1cccc(OCCNCc2cn(CCCO)nn2)c1. The lowest BCUT2D eigenvalue weighted by atomic mass is 10.2. The van der Waals surface area contributed by atoms with E-state index in [-0.39, 0.29) is 6.61 Å². The molecule has 0 aliphatic heterocycles. The smallest absolute Gasteiger partial charge is 0.119 e. The second kappa shape index (κ2) is 8.39. The van der Waals surface area contributed by atoms with Crippen LogP contribution in [0.2, 0.25) is 0 Å². The lowest BCUT2D eigenvalue weighted by Gasteiger charge is -2.07. The summed E-state index contributed by atoms with van der Waals surface area (Å²) in [5.41, 5.74) is 2.09. The van der Waals surface area contributed by atoms with E-state index in [1.54, 1.807) is 4.68 Å². The van der Waals surface area contributed by atoms with Crippen molar-refractivity contribution < 1.29 is 9.84 Å². The molecule has 1 aromatic carbocycles. The molecule has 2 rings (SSSR count). The van der Waals surface area contributed by atoms with E-state index in [1.807, 2.05) is 37.4 Å². The Kier molecular flexibility index (Phi) is 6.18. The summed E-state index contributed by atoms with van der Waals surface area (Å²) in [6, 6.07) is 8.01. The van der Waals surface area contributed by atoms with Crippen molar-refractivity contribution >= 4 is 0 Å². The summed E-state index contributed by atoms with van der Waals surface area (Å²) < 4.78 is 7.40. The first-order valence-electron chi connectivity index (χ1n) is 7.18. The van der Waals surface area contributed by atoms with Gasteiger partial charge < -0.3 is 15.2 Å². The minimum absolute atomic E-state index is 0.170. The molecule has 1 heterocycles. The number of aromatic nitrogens is 3. The Labute approximate surface area is 124 Å². The van der Waals surface area contributed by atoms with Gasteiger partial charge in [-0.1, -0.05) is 17.3 Å². The molecule has 0 unspecified atom stereocenters. The molecule has 0 bridgehead atoms. The Morgan fingerprint density at radius 1 is 1.38 bits per heavy atom. The quantitative estimate of drug-likeness (QED) is 0.678. The average molecular weight is 290 g/mol. The molecule has 0 radical (unpaired) electrons. The highest BCUT2D eigenvalue weighted by Crippen LogP contribution is 2.11. The van der Waals surface area contributed by atoms with E-state index in [4.69, 9.17) is 9.84 Å². The number of aliphatic hydroxyl groups excluding tert-OH is 1. The van der Waals surface area contributed by atoms with Crippen LogP contribution in [0.1, 0.15) is 17.7 Å². The van der Waals surface area contributed by atoms with Crippen LogP contribution >= 0.6 is 0 Å². The molecule has 0 fully saturated rings. The number of aryl methyl sites for hydroxylation is 2. The van der Waals surface area contributed by atoms with Crippen molar-refractivity contribution in [3.8, 4) is 5.75 Å². The van der Waals surface area contributed by atoms with Crippen molar-refractivity contribution in [1.29, 1.82) is 0 Å². The Morgan fingerprint density at radius 3 is 3.10 bits per heavy atom. The fourth-order valence-corrected chi connectivity index (χ4v) is 1.92. The Balaban J connectivity index is 1.62. The van der Waals surface area contributed by atoms with Gasteiger partial charge in [-0.2, -0.15) is 0 Å². The molecule has 0 saturated carbocycles. The molecular weight excluding hydrogens is 268 g/mol. The number of ether oxygens (including phenoxy) is 1. The number of rotatable bonds is 9. The third kappa shape index (κ3) is 5.53. The van der Waals surface area contributed by atoms with Crippen molar-refractivity contribution in [1.82, 2.24) is 20.3 Å². The van der Waals surface area contributed by atoms with Crippen LogP contribution < -0.4 is 10.1 Å². The summed E-state index contributed by atoms with van der Waals surface area (Å²) in [4.78, 5) is 0. The van der Waals surface area contributed by atoms with Gasteiger partial charge >= 0.3 is 0 Å². The summed E-state index contributed by atoms with van der Waals surface area (Å²) >= 11 is 0. The number of hydrogen-bond donors (Lipinski definition) is 2. The van der Waals surface area contributed by atoms with Crippen LogP contribution in [0.15, 0.2) is 30.5 Å². The van der Waals surface area contributed by atoms with Crippen molar-refractivity contribution in [3.63, 3.8) is 0 Å². The van der Waals surface area contributed by atoms with E-state index >= 15 is 0 Å². The van der Waals surface area contributed by atoms with Crippen LogP contribution in [0.3, 0.4) is 0 Å². The molecule has 0 atom stereocenters. The lowest BCUT2D eigenvalue weighted by molar-refractivity contribution is 0.276. The van der Waals surface area contributed by atoms with E-state index in [1.165, 1.54) is 5.56 Å². The molecule has 6 heteroatoms. The maximum Gasteiger partial charge on any atom is 0.119 e. The monoisotopic (exact) mass is 290 g/mol. The van der Waals surface area contributed by atoms with Gasteiger partial charge in [-0.15, -0.1) is 5.10 Å². The van der Waals surface area contributed by atoms with E-state index < -0.39 is 0 Å². The molecular formula is C15H22N4O2. The highest BCUT2D eigenvalue weighted by Gasteiger charge is 2.00. The van der Waals surface area contributed by atoms with Gasteiger partial charge in [-0.3, -0.25) is 4.68 Å². The largest absolute Gasteiger partial charge is 0.492 e. The molecule has 0 amide bonds. The number of nitrogens with zero attached hydrogens (tertiary/aromatic N) is 3. The predicted octanol–water partition coefficient (Wildman–Crippen LogP) is 1.14. The zero-order valence-corrected chi connectivity index (χ0v) is 12.3. The molecule has 21 heavy (non-hydrogen) atoms. The van der Waals surface area contributed by atoms with Gasteiger partial charge in [-0.25, -0.2) is 0 Å². The molecule has 6 nitrogen and oxygen atoms in total. The summed E-state index contributed by atoms with van der Waals surface area (Å²) in [7, 11) is 0. The first-order chi connectivity index (χ1) is 10.3. The Morgan fingerprint density at radius 2 is 2.29 bits per heavy atom. The maximum atomic E-state index is 8.76. The molecule has 114 valence electrons. The highest BCUT2D eigenvalue weighted by atomic mass is 16.5. The number of benzene rings is 1. The molecule has 0 aliphatic rings. The third-order valence-electron chi connectivity index (χ3n) is 2.97. The summed E-state index contributed by atoms with van der Waals surface area (Å²) in [6.07, 6.45) is 2.59. The first kappa shape index (κ1) is 15.5. The molecule has 0 aliphatic carbocycles. The van der Waals surface area contributed by atoms with E-state index in [0.29, 0.717) is 26.1 Å². The minimum atomic E-state index is 0.170. The van der Waals surface area contributed by atoms with E-state index in [9.17, 15) is 0 Å². The molecule has 2 N–H and O–H groups in total. The molecule has 1 aromatic heterocycles. The van der Waals surface area contributed by atoms with Gasteiger partial charge in [0.25, 0.3) is 0 Å². The fraction of sp³-hybridized carbons (Fsp3) is 0.467. The Hall–Kier alpha value is -1.92. The predicted molar refractivity (Wildman–Crippen MR) is 80.1 cm³/mol. The van der Waals surface area contributed by atoms with Gasteiger partial charge in [0.15, 0.2) is 0 Å². The standard InChI is InChI=1S/C15H22N4O2/c1-13-4-2-5-15(10-13)21-9-6-16-11-14-12-19(18-17-14)7-3-8-20/h2,4-5,10,12,16,20H,3,6-9,11H2,1H3. The van der Waals surface area contributed by atoms with Crippen molar-refractivity contribution in [3.05, 3.63) is 41.7 Å². The highest BCUT2D eigenvalue weighted by molar-refractivity contribution is 5.27. The fourth-order valence-electron chi connectivity index (χ4n) is 1.92. The zero-order chi connectivity index (χ0) is 14.9. The average Bonchev–Trinajstić information content (AvgIpc) is 2.93. The Bertz CT molecular complexity index is 542. The van der Waals surface area contributed by atoms with Gasteiger partial charge in [0.2, 0.25) is 0 Å². The molecule has 2 aromatic rings. The maximum absolute atomic E-state index is 8.76. The van der Waals surface area contributed by atoms with Crippen molar-refractivity contribution in [2.45, 2.75) is 26.4 Å². The number of nitrogens with one attached hydrogen (secondary N) is 1. The van der Waals surface area contributed by atoms with Gasteiger partial charge in [0, 0.05) is 32.4 Å². The van der Waals surface area contributed by atoms with Crippen molar-refractivity contribution in [2.75, 3.05) is 19.8 Å². The molecule has 0 saturated heterocycles. The van der Waals surface area contributed by atoms with Crippen LogP contribution in [0.5, 0.6) is 5.75 Å². The zero-order valence-electron chi connectivity index (χ0n) is 12.3. The van der Waals surface area contributed by atoms with Crippen LogP contribution in [-0.2, 0) is 13.1 Å². The third-order valence-corrected chi connectivity index (χ3v) is 2.97. The van der Waals surface area contributed by atoms with Gasteiger partial charge in [0.05, 0.1) is 5.69 Å². The number of hydrogen-bond acceptors (Lipinski definition) is 5. The summed E-state index contributed by atoms with van der Waals surface area (Å²) in [6.45, 7) is 4.94. The normalized spacial score (nSPS) is 10.8. The van der Waals surface area contributed by atoms with Crippen molar-refractivity contribution in [2.24, 2.45) is 0 Å². The van der Waals surface area contributed by atoms with Crippen LogP contribution in [-0.4, -0.2) is 39.9 Å². The van der Waals surface area contributed by atoms with E-state index in [2.05, 4.69) is 15.6 Å². The second-order valence-electron chi connectivity index (χ2n) is 4.89.